The molecule has 0 aromatic heterocycles. The molecule has 6 atom stereocenters. The lowest BCUT2D eigenvalue weighted by Crippen LogP contribution is -2.60. The van der Waals surface area contributed by atoms with Gasteiger partial charge >= 0.3 is 12.4 Å². The Labute approximate surface area is 294 Å². The summed E-state index contributed by atoms with van der Waals surface area (Å²) in [7, 11) is 0. The van der Waals surface area contributed by atoms with Gasteiger partial charge in [0.25, 0.3) is 11.8 Å². The van der Waals surface area contributed by atoms with Crippen molar-refractivity contribution in [3.05, 3.63) is 100 Å². The molecule has 2 heterocycles. The lowest BCUT2D eigenvalue weighted by atomic mass is 9.56. The number of imide groups is 2. The second-order valence-electron chi connectivity index (χ2n) is 13.0. The summed E-state index contributed by atoms with van der Waals surface area (Å²) in [5, 5.41) is 11.3. The van der Waals surface area contributed by atoms with Crippen LogP contribution in [0.2, 0.25) is 0 Å². The highest BCUT2D eigenvalue weighted by atomic mass is 35.5. The summed E-state index contributed by atoms with van der Waals surface area (Å²) in [6.07, 6.45) is -9.87. The number of aryl methyl sites for hydroxylation is 1. The lowest BCUT2D eigenvalue weighted by Gasteiger charge is -2.50. The summed E-state index contributed by atoms with van der Waals surface area (Å²) in [5.41, 5.74) is -3.94. The first-order valence-corrected chi connectivity index (χ1v) is 16.2. The lowest BCUT2D eigenvalue weighted by molar-refractivity contribution is -0.143. The minimum atomic E-state index is -5.27. The molecular weight excluding hydrogens is 732 g/mol. The second kappa shape index (κ2) is 11.3. The molecule has 266 valence electrons. The Balaban J connectivity index is 1.39. The predicted octanol–water partition coefficient (Wildman–Crippen LogP) is 7.65. The third-order valence-corrected chi connectivity index (χ3v) is 11.7. The fourth-order valence-electron chi connectivity index (χ4n) is 7.98. The number of allylic oxidation sites excluding steroid dienone is 2. The Morgan fingerprint density at radius 1 is 0.784 bits per heavy atom. The van der Waals surface area contributed by atoms with Crippen LogP contribution >= 0.6 is 23.2 Å². The van der Waals surface area contributed by atoms with Gasteiger partial charge in [0.2, 0.25) is 11.8 Å². The van der Waals surface area contributed by atoms with Crippen LogP contribution in [0.5, 0.6) is 5.75 Å². The molecule has 16 heteroatoms. The van der Waals surface area contributed by atoms with Crippen LogP contribution in [-0.2, 0) is 31.5 Å². The highest BCUT2D eigenvalue weighted by molar-refractivity contribution is 6.58. The molecule has 51 heavy (non-hydrogen) atoms. The van der Waals surface area contributed by atoms with Gasteiger partial charge in [-0.15, -0.1) is 23.2 Å². The fourth-order valence-corrected chi connectivity index (χ4v) is 8.91. The van der Waals surface area contributed by atoms with Crippen LogP contribution in [-0.4, -0.2) is 38.5 Å². The maximum Gasteiger partial charge on any atom is 0.416 e. The monoisotopic (exact) mass is 754 g/mol. The summed E-state index contributed by atoms with van der Waals surface area (Å²) in [6.45, 7) is 1.55. The standard InChI is InChI=1S/C35H23Cl2F7N2O5/c1-15-3-2-4-23(27(15)47)26-21-9-10-22-25(29(49)45(28(22)48)20-12-16(34(39,40)41)11-17(13-20)35(42,43)44)24(21)14-32(36)30(50)46(31(51)33(26,32)37)19-7-5-18(38)6-8-19/h2-9,11-13,22,24-26,47H,10,14H2,1H3/t22-,24+,25-,26+,32+,33-/m0/s1. The van der Waals surface area contributed by atoms with Crippen molar-refractivity contribution in [1.82, 2.24) is 0 Å². The molecule has 1 saturated carbocycles. The van der Waals surface area contributed by atoms with Crippen LogP contribution in [0.25, 0.3) is 0 Å². The number of phenols is 1. The van der Waals surface area contributed by atoms with Crippen molar-refractivity contribution in [2.45, 2.75) is 47.8 Å². The number of hydrogen-bond acceptors (Lipinski definition) is 5. The highest BCUT2D eigenvalue weighted by Gasteiger charge is 2.77. The number of rotatable bonds is 3. The summed E-state index contributed by atoms with van der Waals surface area (Å²) in [6, 6.07) is 9.20. The molecule has 3 fully saturated rings. The van der Waals surface area contributed by atoms with Gasteiger partial charge in [0.05, 0.1) is 34.3 Å². The summed E-state index contributed by atoms with van der Waals surface area (Å²) < 4.78 is 96.3. The normalized spacial score (nSPS) is 29.3. The van der Waals surface area contributed by atoms with Crippen LogP contribution in [0.1, 0.15) is 41.0 Å². The van der Waals surface area contributed by atoms with Gasteiger partial charge in [0.1, 0.15) is 11.6 Å². The minimum Gasteiger partial charge on any atom is -0.507 e. The maximum absolute atomic E-state index is 14.4. The number of phenolic OH excluding ortho intramolecular Hbond substituents is 1. The van der Waals surface area contributed by atoms with Crippen LogP contribution in [0.3, 0.4) is 0 Å². The zero-order valence-corrected chi connectivity index (χ0v) is 27.5. The number of alkyl halides is 8. The Hall–Kier alpha value is -4.43. The van der Waals surface area contributed by atoms with E-state index in [1.165, 1.54) is 18.2 Å². The van der Waals surface area contributed by atoms with Gasteiger partial charge in [0.15, 0.2) is 9.75 Å². The van der Waals surface area contributed by atoms with Crippen LogP contribution in [0.4, 0.5) is 42.1 Å². The number of carbonyl (C=O) groups excluding carboxylic acids is 4. The largest absolute Gasteiger partial charge is 0.507 e. The number of halogens is 9. The molecule has 3 aromatic rings. The van der Waals surface area contributed by atoms with Crippen molar-refractivity contribution >= 4 is 58.2 Å². The minimum absolute atomic E-state index is 0.0351. The van der Waals surface area contributed by atoms with E-state index in [1.54, 1.807) is 13.0 Å². The van der Waals surface area contributed by atoms with E-state index in [9.17, 15) is 55.0 Å². The summed E-state index contributed by atoms with van der Waals surface area (Å²) >= 11 is 14.5. The van der Waals surface area contributed by atoms with Crippen molar-refractivity contribution in [3.63, 3.8) is 0 Å². The zero-order valence-electron chi connectivity index (χ0n) is 26.0. The first kappa shape index (κ1) is 35.0. The first-order valence-electron chi connectivity index (χ1n) is 15.4. The SMILES string of the molecule is Cc1cccc([C@H]2C3=CC[C@@H]4C(=O)N(c5cc(C(F)(F)F)cc(C(F)(F)F)c5)C(=O)[C@@H]4[C@@H]3C[C@@]3(Cl)C(=O)N(c4ccc(F)cc4)C(=O)[C@@]23Cl)c1O. The van der Waals surface area contributed by atoms with Gasteiger partial charge in [-0.25, -0.2) is 14.2 Å². The van der Waals surface area contributed by atoms with E-state index < -0.39 is 98.5 Å². The third kappa shape index (κ3) is 4.92. The molecular formula is C35H23Cl2F7N2O5. The highest BCUT2D eigenvalue weighted by Crippen LogP contribution is 2.66. The molecule has 2 aliphatic carbocycles. The van der Waals surface area contributed by atoms with Crippen molar-refractivity contribution in [2.75, 3.05) is 9.80 Å². The molecule has 0 unspecified atom stereocenters. The molecule has 2 saturated heterocycles. The quantitative estimate of drug-likeness (QED) is 0.128. The van der Waals surface area contributed by atoms with Gasteiger partial charge < -0.3 is 5.11 Å². The number of carbonyl (C=O) groups is 4. The van der Waals surface area contributed by atoms with Gasteiger partial charge in [0, 0.05) is 11.5 Å². The average Bonchev–Trinajstić information content (AvgIpc) is 3.40. The topological polar surface area (TPSA) is 95.0 Å². The van der Waals surface area contributed by atoms with Crippen molar-refractivity contribution in [1.29, 1.82) is 0 Å². The Bertz CT molecular complexity index is 2050. The van der Waals surface area contributed by atoms with E-state index >= 15 is 0 Å². The van der Waals surface area contributed by atoms with Crippen molar-refractivity contribution < 1.29 is 55.0 Å². The number of nitrogens with zero attached hydrogens (tertiary/aromatic N) is 2. The van der Waals surface area contributed by atoms with Crippen LogP contribution in [0, 0.1) is 30.5 Å². The number of anilines is 2. The third-order valence-electron chi connectivity index (χ3n) is 10.3. The molecule has 4 amide bonds. The molecule has 1 N–H and O–H groups in total. The number of aromatic hydroxyl groups is 1. The van der Waals surface area contributed by atoms with Crippen molar-refractivity contribution in [3.8, 4) is 5.75 Å². The number of para-hydroxylation sites is 1. The molecule has 0 bridgehead atoms. The molecule has 4 aliphatic rings. The van der Waals surface area contributed by atoms with Gasteiger partial charge in [-0.05, 0) is 73.7 Å². The molecule has 3 aromatic carbocycles. The van der Waals surface area contributed by atoms with E-state index in [-0.39, 0.29) is 52.1 Å². The summed E-state index contributed by atoms with van der Waals surface area (Å²) in [5.74, 6) is -10.7. The Morgan fingerprint density at radius 2 is 1.39 bits per heavy atom. The van der Waals surface area contributed by atoms with E-state index in [0.29, 0.717) is 10.5 Å². The predicted molar refractivity (Wildman–Crippen MR) is 168 cm³/mol. The van der Waals surface area contributed by atoms with Gasteiger partial charge in [-0.2, -0.15) is 26.3 Å². The first-order chi connectivity index (χ1) is 23.7. The zero-order chi connectivity index (χ0) is 37.2. The molecule has 0 radical (unpaired) electrons. The smallest absolute Gasteiger partial charge is 0.416 e. The Morgan fingerprint density at radius 3 is 1.98 bits per heavy atom. The molecule has 2 aliphatic heterocycles. The van der Waals surface area contributed by atoms with E-state index in [2.05, 4.69) is 0 Å². The maximum atomic E-state index is 14.4. The molecule has 7 rings (SSSR count). The Kier molecular flexibility index (Phi) is 7.74. The van der Waals surface area contributed by atoms with Crippen LogP contribution < -0.4 is 9.80 Å². The molecule has 0 spiro atoms. The molecule has 7 nitrogen and oxygen atoms in total. The fraction of sp³-hybridized carbons (Fsp3) is 0.314. The second-order valence-corrected chi connectivity index (χ2v) is 14.3. The van der Waals surface area contributed by atoms with Gasteiger partial charge in [-0.3, -0.25) is 19.2 Å². The summed E-state index contributed by atoms with van der Waals surface area (Å²) in [4.78, 5) is 52.9. The number of benzene rings is 3. The van der Waals surface area contributed by atoms with Gasteiger partial charge in [-0.1, -0.05) is 29.8 Å². The number of amides is 4. The van der Waals surface area contributed by atoms with E-state index in [4.69, 9.17) is 23.2 Å². The number of hydrogen-bond donors (Lipinski definition) is 1. The number of fused-ring (bicyclic) bond motifs is 4. The van der Waals surface area contributed by atoms with Crippen molar-refractivity contribution in [2.24, 2.45) is 17.8 Å². The van der Waals surface area contributed by atoms with E-state index in [0.717, 1.165) is 24.3 Å². The average molecular weight is 755 g/mol. The van der Waals surface area contributed by atoms with E-state index in [1.807, 2.05) is 0 Å². The van der Waals surface area contributed by atoms with Crippen LogP contribution in [0.15, 0.2) is 72.3 Å².